The molecule has 0 saturated heterocycles. The van der Waals surface area contributed by atoms with Crippen molar-refractivity contribution in [3.8, 4) is 11.5 Å². The summed E-state index contributed by atoms with van der Waals surface area (Å²) in [6, 6.07) is 1.43. The minimum absolute atomic E-state index is 0.0188. The summed E-state index contributed by atoms with van der Waals surface area (Å²) in [4.78, 5) is 10.8. The number of hydrogen-bond donors (Lipinski definition) is 2. The van der Waals surface area contributed by atoms with Gasteiger partial charge in [0, 0.05) is 0 Å². The molecule has 2 N–H and O–H groups in total. The van der Waals surface area contributed by atoms with E-state index in [1.165, 1.54) is 13.2 Å². The number of aromatic hydroxyl groups is 1. The second-order valence-corrected chi connectivity index (χ2v) is 3.14. The number of hydrogen-bond acceptors (Lipinski definition) is 3. The zero-order chi connectivity index (χ0) is 10.9. The summed E-state index contributed by atoms with van der Waals surface area (Å²) in [5, 5.41) is 18.5. The van der Waals surface area contributed by atoms with E-state index in [-0.39, 0.29) is 16.3 Å². The minimum atomic E-state index is -1.21. The summed E-state index contributed by atoms with van der Waals surface area (Å²) in [5.74, 6) is -1.67. The minimum Gasteiger partial charge on any atom is -0.504 e. The van der Waals surface area contributed by atoms with Crippen molar-refractivity contribution in [1.82, 2.24) is 0 Å². The largest absolute Gasteiger partial charge is 0.504 e. The van der Waals surface area contributed by atoms with E-state index in [4.69, 9.17) is 21.4 Å². The standard InChI is InChI=1S/C9H9ClO4/c1-4-3-5(10)8(14-2)7(11)6(4)9(12)13/h3,11H,1-2H3,(H,12,13). The number of carboxylic acid groups (broad SMARTS) is 1. The first kappa shape index (κ1) is 10.7. The predicted octanol–water partition coefficient (Wildman–Crippen LogP) is 2.06. The highest BCUT2D eigenvalue weighted by molar-refractivity contribution is 6.32. The molecule has 14 heavy (non-hydrogen) atoms. The smallest absolute Gasteiger partial charge is 0.339 e. The number of aromatic carboxylic acids is 1. The van der Waals surface area contributed by atoms with E-state index in [2.05, 4.69) is 0 Å². The van der Waals surface area contributed by atoms with E-state index in [0.29, 0.717) is 5.56 Å². The maximum atomic E-state index is 10.8. The zero-order valence-corrected chi connectivity index (χ0v) is 8.42. The molecule has 0 heterocycles. The number of rotatable bonds is 2. The summed E-state index contributed by atoms with van der Waals surface area (Å²) in [6.07, 6.45) is 0. The molecule has 5 heteroatoms. The molecular formula is C9H9ClO4. The van der Waals surface area contributed by atoms with Crippen molar-refractivity contribution >= 4 is 17.6 Å². The van der Waals surface area contributed by atoms with Gasteiger partial charge < -0.3 is 14.9 Å². The fraction of sp³-hybridized carbons (Fsp3) is 0.222. The maximum Gasteiger partial charge on any atom is 0.339 e. The molecule has 1 aromatic carbocycles. The van der Waals surface area contributed by atoms with E-state index in [1.807, 2.05) is 0 Å². The lowest BCUT2D eigenvalue weighted by atomic mass is 10.1. The van der Waals surface area contributed by atoms with Crippen LogP contribution in [0.4, 0.5) is 0 Å². The Balaban J connectivity index is 3.52. The van der Waals surface area contributed by atoms with Crippen LogP contribution in [-0.4, -0.2) is 23.3 Å². The van der Waals surface area contributed by atoms with Crippen LogP contribution >= 0.6 is 11.6 Å². The number of ether oxygens (including phenoxy) is 1. The molecule has 0 aliphatic rings. The number of aryl methyl sites for hydroxylation is 1. The van der Waals surface area contributed by atoms with E-state index in [9.17, 15) is 9.90 Å². The number of phenols is 1. The van der Waals surface area contributed by atoms with Crippen LogP contribution < -0.4 is 4.74 Å². The van der Waals surface area contributed by atoms with E-state index in [1.54, 1.807) is 6.92 Å². The van der Waals surface area contributed by atoms with Crippen LogP contribution in [0.5, 0.6) is 11.5 Å². The lowest BCUT2D eigenvalue weighted by Crippen LogP contribution is -2.02. The second-order valence-electron chi connectivity index (χ2n) is 2.74. The lowest BCUT2D eigenvalue weighted by molar-refractivity contribution is 0.0692. The van der Waals surface area contributed by atoms with Gasteiger partial charge in [0.05, 0.1) is 12.1 Å². The van der Waals surface area contributed by atoms with Crippen LogP contribution in [0.1, 0.15) is 15.9 Å². The van der Waals surface area contributed by atoms with Gasteiger partial charge in [-0.25, -0.2) is 4.79 Å². The third kappa shape index (κ3) is 1.61. The van der Waals surface area contributed by atoms with Crippen molar-refractivity contribution in [1.29, 1.82) is 0 Å². The van der Waals surface area contributed by atoms with Gasteiger partial charge in [0.2, 0.25) is 0 Å². The molecule has 0 bridgehead atoms. The summed E-state index contributed by atoms with van der Waals surface area (Å²) in [7, 11) is 1.31. The molecule has 0 unspecified atom stereocenters. The first-order chi connectivity index (χ1) is 6.49. The van der Waals surface area contributed by atoms with E-state index < -0.39 is 11.7 Å². The summed E-state index contributed by atoms with van der Waals surface area (Å²) >= 11 is 5.73. The Labute approximate surface area is 85.7 Å². The van der Waals surface area contributed by atoms with Crippen molar-refractivity contribution in [3.63, 3.8) is 0 Å². The molecule has 0 saturated carbocycles. The molecule has 1 rings (SSSR count). The SMILES string of the molecule is COc1c(Cl)cc(C)c(C(=O)O)c1O. The van der Waals surface area contributed by atoms with Gasteiger partial charge >= 0.3 is 5.97 Å². The number of methoxy groups -OCH3 is 1. The molecule has 0 atom stereocenters. The number of carboxylic acids is 1. The Kier molecular flexibility index (Phi) is 2.86. The topological polar surface area (TPSA) is 66.8 Å². The van der Waals surface area contributed by atoms with Crippen LogP contribution in [-0.2, 0) is 0 Å². The molecule has 0 aliphatic heterocycles. The number of halogens is 1. The fourth-order valence-corrected chi connectivity index (χ4v) is 1.54. The van der Waals surface area contributed by atoms with Gasteiger partial charge in [0.25, 0.3) is 0 Å². The van der Waals surface area contributed by atoms with Crippen LogP contribution in [0.2, 0.25) is 5.02 Å². The zero-order valence-electron chi connectivity index (χ0n) is 7.67. The molecule has 76 valence electrons. The van der Waals surface area contributed by atoms with Crippen molar-refractivity contribution in [2.45, 2.75) is 6.92 Å². The third-order valence-corrected chi connectivity index (χ3v) is 2.11. The number of benzene rings is 1. The van der Waals surface area contributed by atoms with Crippen LogP contribution in [0, 0.1) is 6.92 Å². The average Bonchev–Trinajstić information content (AvgIpc) is 2.02. The molecule has 0 aromatic heterocycles. The average molecular weight is 217 g/mol. The Morgan fingerprint density at radius 3 is 2.57 bits per heavy atom. The van der Waals surface area contributed by atoms with E-state index in [0.717, 1.165) is 0 Å². The quantitative estimate of drug-likeness (QED) is 0.794. The van der Waals surface area contributed by atoms with Crippen molar-refractivity contribution < 1.29 is 19.7 Å². The highest BCUT2D eigenvalue weighted by atomic mass is 35.5. The van der Waals surface area contributed by atoms with Crippen LogP contribution in [0.15, 0.2) is 6.07 Å². The summed E-state index contributed by atoms with van der Waals surface area (Å²) in [5.41, 5.74) is 0.201. The first-order valence-electron chi connectivity index (χ1n) is 3.78. The normalized spacial score (nSPS) is 9.93. The Morgan fingerprint density at radius 1 is 1.57 bits per heavy atom. The maximum absolute atomic E-state index is 10.8. The van der Waals surface area contributed by atoms with Crippen LogP contribution in [0.25, 0.3) is 0 Å². The van der Waals surface area contributed by atoms with Gasteiger partial charge in [-0.3, -0.25) is 0 Å². The Hall–Kier alpha value is -1.42. The predicted molar refractivity (Wildman–Crippen MR) is 51.4 cm³/mol. The van der Waals surface area contributed by atoms with Gasteiger partial charge in [-0.1, -0.05) is 11.6 Å². The highest BCUT2D eigenvalue weighted by Crippen LogP contribution is 2.38. The summed E-state index contributed by atoms with van der Waals surface area (Å²) < 4.78 is 4.78. The lowest BCUT2D eigenvalue weighted by Gasteiger charge is -2.10. The second kappa shape index (κ2) is 3.75. The van der Waals surface area contributed by atoms with Gasteiger partial charge in [-0.05, 0) is 18.6 Å². The van der Waals surface area contributed by atoms with Gasteiger partial charge in [0.1, 0.15) is 5.56 Å². The Bertz CT molecular complexity index is 387. The number of carbonyl (C=O) groups is 1. The van der Waals surface area contributed by atoms with E-state index >= 15 is 0 Å². The molecular weight excluding hydrogens is 208 g/mol. The first-order valence-corrected chi connectivity index (χ1v) is 4.16. The third-order valence-electron chi connectivity index (χ3n) is 1.82. The van der Waals surface area contributed by atoms with Gasteiger partial charge in [-0.2, -0.15) is 0 Å². The molecule has 4 nitrogen and oxygen atoms in total. The van der Waals surface area contributed by atoms with Gasteiger partial charge in [0.15, 0.2) is 11.5 Å². The van der Waals surface area contributed by atoms with Crippen molar-refractivity contribution in [2.24, 2.45) is 0 Å². The molecule has 0 fully saturated rings. The molecule has 0 spiro atoms. The summed E-state index contributed by atoms with van der Waals surface area (Å²) in [6.45, 7) is 1.55. The molecule has 0 radical (unpaired) electrons. The molecule has 0 amide bonds. The Morgan fingerprint density at radius 2 is 2.14 bits per heavy atom. The van der Waals surface area contributed by atoms with Crippen LogP contribution in [0.3, 0.4) is 0 Å². The fourth-order valence-electron chi connectivity index (χ4n) is 1.21. The highest BCUT2D eigenvalue weighted by Gasteiger charge is 2.20. The monoisotopic (exact) mass is 216 g/mol. The van der Waals surface area contributed by atoms with Gasteiger partial charge in [-0.15, -0.1) is 0 Å². The van der Waals surface area contributed by atoms with Crippen molar-refractivity contribution in [2.75, 3.05) is 7.11 Å². The molecule has 1 aromatic rings. The molecule has 0 aliphatic carbocycles. The van der Waals surface area contributed by atoms with Crippen molar-refractivity contribution in [3.05, 3.63) is 22.2 Å².